The van der Waals surface area contributed by atoms with E-state index in [1.54, 1.807) is 0 Å². The van der Waals surface area contributed by atoms with Crippen LogP contribution in [0.15, 0.2) is 285 Å². The number of anilines is 4. The van der Waals surface area contributed by atoms with Gasteiger partial charge >= 0.3 is 0 Å². The minimum absolute atomic E-state index is 0.846. The molecule has 0 fully saturated rings. The summed E-state index contributed by atoms with van der Waals surface area (Å²) in [6, 6.07) is 87.2. The van der Waals surface area contributed by atoms with Crippen molar-refractivity contribution in [2.45, 2.75) is 13.3 Å². The molecule has 0 unspecified atom stereocenters. The average Bonchev–Trinajstić information content (AvgIpc) is 3.79. The first-order valence-electron chi connectivity index (χ1n) is 26.4. The highest BCUT2D eigenvalue weighted by Gasteiger charge is 2.19. The molecule has 11 aromatic rings. The third-order valence-corrected chi connectivity index (χ3v) is 14.6. The smallest absolute Gasteiger partial charge is 0.0540 e. The van der Waals surface area contributed by atoms with Gasteiger partial charge in [0.15, 0.2) is 0 Å². The Kier molecular flexibility index (Phi) is 13.6. The number of fused-ring (bicyclic) bond motifs is 10. The summed E-state index contributed by atoms with van der Waals surface area (Å²) in [6.45, 7) is 6.66. The Morgan fingerprint density at radius 3 is 1.75 bits per heavy atom. The van der Waals surface area contributed by atoms with Crippen molar-refractivity contribution in [2.24, 2.45) is 0 Å². The fraction of sp³-hybridized carbons (Fsp3) is 0.0270. The van der Waals surface area contributed by atoms with Gasteiger partial charge in [0.05, 0.1) is 11.2 Å². The number of para-hydroxylation sites is 3. The van der Waals surface area contributed by atoms with Crippen molar-refractivity contribution in [1.29, 1.82) is 0 Å². The van der Waals surface area contributed by atoms with E-state index >= 15 is 0 Å². The van der Waals surface area contributed by atoms with Crippen LogP contribution in [-0.4, -0.2) is 4.57 Å². The fourth-order valence-corrected chi connectivity index (χ4v) is 10.7. The molecular formula is C74H57N3. The van der Waals surface area contributed by atoms with Gasteiger partial charge in [-0.05, 0) is 130 Å². The molecule has 368 valence electrons. The van der Waals surface area contributed by atoms with Crippen LogP contribution < -0.4 is 20.8 Å². The van der Waals surface area contributed by atoms with E-state index in [4.69, 9.17) is 0 Å². The van der Waals surface area contributed by atoms with E-state index in [-0.39, 0.29) is 0 Å². The van der Waals surface area contributed by atoms with E-state index in [0.29, 0.717) is 0 Å². The van der Waals surface area contributed by atoms with Gasteiger partial charge in [-0.1, -0.05) is 243 Å². The van der Waals surface area contributed by atoms with E-state index in [1.165, 1.54) is 83.0 Å². The molecule has 3 nitrogen and oxygen atoms in total. The molecule has 1 N–H and O–H groups in total. The van der Waals surface area contributed by atoms with Gasteiger partial charge in [0.25, 0.3) is 0 Å². The fourth-order valence-electron chi connectivity index (χ4n) is 10.7. The summed E-state index contributed by atoms with van der Waals surface area (Å²) in [4.78, 5) is 2.38. The molecule has 0 saturated carbocycles. The normalized spacial score (nSPS) is 14.3. The summed E-state index contributed by atoms with van der Waals surface area (Å²) in [5, 5.41) is 6.79. The Morgan fingerprint density at radius 2 is 1.03 bits per heavy atom. The maximum atomic E-state index is 4.53. The van der Waals surface area contributed by atoms with Gasteiger partial charge < -0.3 is 14.8 Å². The summed E-state index contributed by atoms with van der Waals surface area (Å²) in [6.07, 6.45) is 19.7. The van der Waals surface area contributed by atoms with Crippen LogP contribution >= 0.6 is 0 Å². The van der Waals surface area contributed by atoms with Crippen molar-refractivity contribution in [1.82, 2.24) is 4.57 Å². The van der Waals surface area contributed by atoms with Crippen LogP contribution in [-0.2, 0) is 6.42 Å². The number of nitrogens with one attached hydrogen (secondary N) is 1. The number of aromatic nitrogens is 1. The molecule has 2 bridgehead atoms. The Balaban J connectivity index is 0.000000250. The molecular weight excluding hydrogens is 931 g/mol. The highest BCUT2D eigenvalue weighted by molar-refractivity contribution is 5.90. The summed E-state index contributed by atoms with van der Waals surface area (Å²) >= 11 is 0. The molecule has 10 aromatic carbocycles. The summed E-state index contributed by atoms with van der Waals surface area (Å²) in [5.41, 5.74) is 22.6. The molecule has 0 amide bonds. The lowest BCUT2D eigenvalue weighted by Crippen LogP contribution is -2.26. The molecule has 0 spiro atoms. The van der Waals surface area contributed by atoms with Crippen LogP contribution in [0.1, 0.15) is 16.7 Å². The van der Waals surface area contributed by atoms with Crippen molar-refractivity contribution in [2.75, 3.05) is 10.2 Å². The quantitative estimate of drug-likeness (QED) is 0.172. The van der Waals surface area contributed by atoms with Crippen molar-refractivity contribution < 1.29 is 0 Å². The van der Waals surface area contributed by atoms with Crippen molar-refractivity contribution >= 4 is 52.4 Å². The molecule has 1 aromatic heterocycles. The number of aryl methyl sites for hydroxylation is 1. The maximum absolute atomic E-state index is 4.53. The lowest BCUT2D eigenvalue weighted by molar-refractivity contribution is 1.04. The van der Waals surface area contributed by atoms with Gasteiger partial charge in [-0.25, -0.2) is 0 Å². The first kappa shape index (κ1) is 48.0. The van der Waals surface area contributed by atoms with Gasteiger partial charge in [-0.2, -0.15) is 0 Å². The second kappa shape index (κ2) is 21.9. The zero-order chi connectivity index (χ0) is 51.9. The molecule has 3 heterocycles. The van der Waals surface area contributed by atoms with E-state index in [0.717, 1.165) is 45.6 Å². The molecule has 2 aliphatic heterocycles. The van der Waals surface area contributed by atoms with Gasteiger partial charge in [0.1, 0.15) is 0 Å². The highest BCUT2D eigenvalue weighted by atomic mass is 15.1. The summed E-state index contributed by atoms with van der Waals surface area (Å²) in [5.74, 6) is 0. The van der Waals surface area contributed by atoms with Crippen LogP contribution in [0.2, 0.25) is 0 Å². The number of allylic oxidation sites excluding steroid dienone is 6. The van der Waals surface area contributed by atoms with Crippen LogP contribution in [0.25, 0.3) is 91.0 Å². The van der Waals surface area contributed by atoms with E-state index in [1.807, 2.05) is 24.4 Å². The molecule has 3 heteroatoms. The van der Waals surface area contributed by atoms with Gasteiger partial charge in [-0.15, -0.1) is 0 Å². The van der Waals surface area contributed by atoms with Gasteiger partial charge in [0, 0.05) is 56.0 Å². The van der Waals surface area contributed by atoms with Crippen LogP contribution in [0.3, 0.4) is 0 Å². The Hall–Kier alpha value is -9.96. The number of hydrogen-bond donors (Lipinski definition) is 1. The predicted molar refractivity (Wildman–Crippen MR) is 329 cm³/mol. The third kappa shape index (κ3) is 10.1. The number of hydrogen-bond acceptors (Lipinski definition) is 2. The molecule has 0 aliphatic carbocycles. The zero-order valence-corrected chi connectivity index (χ0v) is 43.1. The van der Waals surface area contributed by atoms with Crippen molar-refractivity contribution in [3.8, 4) is 61.3 Å². The molecule has 0 saturated heterocycles. The lowest BCUT2D eigenvalue weighted by Gasteiger charge is -2.28. The Labute approximate surface area is 452 Å². The van der Waals surface area contributed by atoms with Crippen LogP contribution in [0, 0.1) is 6.92 Å². The highest BCUT2D eigenvalue weighted by Crippen LogP contribution is 2.42. The summed E-state index contributed by atoms with van der Waals surface area (Å²) in [7, 11) is 0. The zero-order valence-electron chi connectivity index (χ0n) is 43.1. The molecule has 77 heavy (non-hydrogen) atoms. The van der Waals surface area contributed by atoms with Crippen molar-refractivity contribution in [3.63, 3.8) is 0 Å². The molecule has 2 aliphatic rings. The second-order valence-electron chi connectivity index (χ2n) is 19.5. The van der Waals surface area contributed by atoms with E-state index in [9.17, 15) is 0 Å². The minimum atomic E-state index is 0.846. The Morgan fingerprint density at radius 1 is 0.455 bits per heavy atom. The maximum Gasteiger partial charge on any atom is 0.0540 e. The predicted octanol–water partition coefficient (Wildman–Crippen LogP) is 18.2. The monoisotopic (exact) mass is 987 g/mol. The van der Waals surface area contributed by atoms with Crippen LogP contribution in [0.4, 0.5) is 22.7 Å². The average molecular weight is 988 g/mol. The SMILES string of the molecule is C=c1\c2c3ccccc3n1-c1ccc(-c3ccc(-c4ccccc4N(c4ccc(-c5ccccc5)cc4)c4ccc(-c5ccccc5)cc4)cc3)cc1C/C=C\C=2.Cc1ccc2c(c1)-c1ccccc1N/C=C/C=C\C=C/2. The second-order valence-corrected chi connectivity index (χ2v) is 19.5. The van der Waals surface area contributed by atoms with E-state index < -0.39 is 0 Å². The van der Waals surface area contributed by atoms with Gasteiger partial charge in [0.2, 0.25) is 0 Å². The molecule has 13 rings (SSSR count). The first-order valence-corrected chi connectivity index (χ1v) is 26.4. The minimum Gasteiger partial charge on any atom is -0.361 e. The van der Waals surface area contributed by atoms with Gasteiger partial charge in [-0.3, -0.25) is 0 Å². The largest absolute Gasteiger partial charge is 0.361 e. The Bertz CT molecular complexity index is 4060. The third-order valence-electron chi connectivity index (χ3n) is 14.6. The standard InChI is InChI=1S/C55H40N2.C19H17N/c1-39-50-19-9-8-18-47-38-46(32-37-53(47)56(39)55-23-13-11-21-52(50)55)44-24-26-45(27-25-44)51-20-10-12-22-54(51)57(48-33-28-42(29-34-48)40-14-4-2-5-15-40)49-35-30-43(31-36-49)41-16-6-3-7-17-41;1-15-11-12-16-8-4-2-3-7-13-20-19-10-6-5-9-17(19)18(16)14-15/h2-17,19-38H,1,18H2;2-14,20H,1H3/b9-8-,50-19+;3-2-,8-4-,13-7+. The molecule has 0 atom stereocenters. The number of nitrogens with zero attached hydrogens (tertiary/aromatic N) is 2. The lowest BCUT2D eigenvalue weighted by atomic mass is 9.96. The number of rotatable bonds is 7. The van der Waals surface area contributed by atoms with Crippen molar-refractivity contribution in [3.05, 3.63) is 313 Å². The van der Waals surface area contributed by atoms with Crippen LogP contribution in [0.5, 0.6) is 0 Å². The summed E-state index contributed by atoms with van der Waals surface area (Å²) < 4.78 is 2.32. The number of benzene rings is 10. The van der Waals surface area contributed by atoms with E-state index in [2.05, 4.69) is 301 Å². The molecule has 0 radical (unpaired) electrons. The first-order chi connectivity index (χ1) is 38.0. The topological polar surface area (TPSA) is 20.2 Å².